The molecule has 1 fully saturated rings. The minimum absolute atomic E-state index is 0.00988. The molecule has 0 aromatic heterocycles. The first-order valence-corrected chi connectivity index (χ1v) is 4.68. The third kappa shape index (κ3) is 1.62. The first-order valence-electron chi connectivity index (χ1n) is 4.68. The zero-order valence-corrected chi connectivity index (χ0v) is 8.39. The molecule has 1 aliphatic rings. The molecule has 1 unspecified atom stereocenters. The van der Waals surface area contributed by atoms with Crippen molar-refractivity contribution in [1.82, 2.24) is 0 Å². The van der Waals surface area contributed by atoms with Gasteiger partial charge in [-0.15, -0.1) is 0 Å². The fourth-order valence-corrected chi connectivity index (χ4v) is 1.63. The number of cyclic esters (lactones) is 1. The van der Waals surface area contributed by atoms with Crippen molar-refractivity contribution in [3.63, 3.8) is 0 Å². The van der Waals surface area contributed by atoms with Crippen LogP contribution in [0.2, 0.25) is 0 Å². The first kappa shape index (κ1) is 9.56. The molecule has 0 aliphatic carbocycles. The highest BCUT2D eigenvalue weighted by molar-refractivity contribution is 5.73. The average Bonchev–Trinajstić information content (AvgIpc) is 1.97. The van der Waals surface area contributed by atoms with Gasteiger partial charge in [0, 0.05) is 5.41 Å². The molecular formula is C10H18O2. The zero-order valence-electron chi connectivity index (χ0n) is 8.39. The standard InChI is InChI=1S/C10H18O2/c1-5-8-6-10(3,4)7(2)12-9(8)11/h7-8H,5-6H2,1-4H3/t7-,8?/m1/s1. The average molecular weight is 170 g/mol. The van der Waals surface area contributed by atoms with Gasteiger partial charge in [-0.3, -0.25) is 4.79 Å². The lowest BCUT2D eigenvalue weighted by atomic mass is 9.76. The van der Waals surface area contributed by atoms with E-state index in [1.54, 1.807) is 0 Å². The maximum absolute atomic E-state index is 11.3. The third-order valence-corrected chi connectivity index (χ3v) is 2.99. The van der Waals surface area contributed by atoms with Gasteiger partial charge < -0.3 is 4.74 Å². The van der Waals surface area contributed by atoms with Crippen LogP contribution in [0.5, 0.6) is 0 Å². The van der Waals surface area contributed by atoms with E-state index < -0.39 is 0 Å². The summed E-state index contributed by atoms with van der Waals surface area (Å²) < 4.78 is 5.27. The topological polar surface area (TPSA) is 26.3 Å². The molecule has 1 saturated heterocycles. The monoisotopic (exact) mass is 170 g/mol. The molecule has 0 bridgehead atoms. The second-order valence-corrected chi connectivity index (χ2v) is 4.38. The normalized spacial score (nSPS) is 34.5. The van der Waals surface area contributed by atoms with E-state index in [1.807, 2.05) is 13.8 Å². The molecular weight excluding hydrogens is 152 g/mol. The van der Waals surface area contributed by atoms with E-state index in [0.29, 0.717) is 0 Å². The summed E-state index contributed by atoms with van der Waals surface area (Å²) in [7, 11) is 0. The minimum Gasteiger partial charge on any atom is -0.462 e. The minimum atomic E-state index is -0.00988. The van der Waals surface area contributed by atoms with Gasteiger partial charge in [0.15, 0.2) is 0 Å². The molecule has 2 heteroatoms. The number of hydrogen-bond acceptors (Lipinski definition) is 2. The van der Waals surface area contributed by atoms with Crippen LogP contribution < -0.4 is 0 Å². The van der Waals surface area contributed by atoms with Gasteiger partial charge in [0.2, 0.25) is 0 Å². The molecule has 0 saturated carbocycles. The van der Waals surface area contributed by atoms with Crippen LogP contribution in [0.1, 0.15) is 40.5 Å². The summed E-state index contributed by atoms with van der Waals surface area (Å²) in [4.78, 5) is 11.3. The lowest BCUT2D eigenvalue weighted by Crippen LogP contribution is -2.41. The molecule has 0 amide bonds. The van der Waals surface area contributed by atoms with Crippen LogP contribution in [0, 0.1) is 11.3 Å². The molecule has 1 rings (SSSR count). The fraction of sp³-hybridized carbons (Fsp3) is 0.900. The van der Waals surface area contributed by atoms with Crippen molar-refractivity contribution in [3.05, 3.63) is 0 Å². The Bertz CT molecular complexity index is 184. The van der Waals surface area contributed by atoms with Gasteiger partial charge in [-0.2, -0.15) is 0 Å². The lowest BCUT2D eigenvalue weighted by Gasteiger charge is -2.39. The van der Waals surface area contributed by atoms with E-state index >= 15 is 0 Å². The Labute approximate surface area is 74.3 Å². The summed E-state index contributed by atoms with van der Waals surface area (Å²) in [5.41, 5.74) is 0.147. The maximum Gasteiger partial charge on any atom is 0.309 e. The molecule has 0 radical (unpaired) electrons. The second kappa shape index (κ2) is 3.08. The molecule has 2 nitrogen and oxygen atoms in total. The van der Waals surface area contributed by atoms with Crippen LogP contribution in [-0.2, 0) is 9.53 Å². The Morgan fingerprint density at radius 2 is 2.17 bits per heavy atom. The van der Waals surface area contributed by atoms with Gasteiger partial charge in [-0.25, -0.2) is 0 Å². The summed E-state index contributed by atoms with van der Waals surface area (Å²) in [5, 5.41) is 0. The van der Waals surface area contributed by atoms with Crippen LogP contribution in [0.15, 0.2) is 0 Å². The van der Waals surface area contributed by atoms with Gasteiger partial charge in [-0.05, 0) is 19.8 Å². The molecule has 12 heavy (non-hydrogen) atoms. The maximum atomic E-state index is 11.3. The largest absolute Gasteiger partial charge is 0.462 e. The number of esters is 1. The van der Waals surface area contributed by atoms with E-state index in [4.69, 9.17) is 4.74 Å². The Kier molecular flexibility index (Phi) is 2.45. The molecule has 0 N–H and O–H groups in total. The molecule has 0 spiro atoms. The van der Waals surface area contributed by atoms with Gasteiger partial charge >= 0.3 is 5.97 Å². The van der Waals surface area contributed by atoms with Gasteiger partial charge in [0.25, 0.3) is 0 Å². The lowest BCUT2D eigenvalue weighted by molar-refractivity contribution is -0.171. The van der Waals surface area contributed by atoms with Crippen molar-refractivity contribution in [2.45, 2.75) is 46.6 Å². The van der Waals surface area contributed by atoms with Gasteiger partial charge in [-0.1, -0.05) is 20.8 Å². The predicted molar refractivity (Wildman–Crippen MR) is 47.7 cm³/mol. The zero-order chi connectivity index (χ0) is 9.35. The highest BCUT2D eigenvalue weighted by Gasteiger charge is 2.39. The highest BCUT2D eigenvalue weighted by atomic mass is 16.5. The van der Waals surface area contributed by atoms with Crippen molar-refractivity contribution in [1.29, 1.82) is 0 Å². The first-order chi connectivity index (χ1) is 5.47. The Morgan fingerprint density at radius 1 is 1.58 bits per heavy atom. The van der Waals surface area contributed by atoms with Crippen LogP contribution in [0.25, 0.3) is 0 Å². The number of ether oxygens (including phenoxy) is 1. The molecule has 1 aliphatic heterocycles. The Balaban J connectivity index is 2.70. The predicted octanol–water partition coefficient (Wildman–Crippen LogP) is 2.37. The number of rotatable bonds is 1. The summed E-state index contributed by atoms with van der Waals surface area (Å²) in [6.07, 6.45) is 1.92. The van der Waals surface area contributed by atoms with Gasteiger partial charge in [0.05, 0.1) is 5.92 Å². The summed E-state index contributed by atoms with van der Waals surface area (Å²) in [5.74, 6) is 0.112. The molecule has 1 heterocycles. The van der Waals surface area contributed by atoms with E-state index in [9.17, 15) is 4.79 Å². The Hall–Kier alpha value is -0.530. The Morgan fingerprint density at radius 3 is 2.67 bits per heavy atom. The summed E-state index contributed by atoms with van der Waals surface area (Å²) in [6.45, 7) is 8.33. The van der Waals surface area contributed by atoms with Crippen molar-refractivity contribution < 1.29 is 9.53 Å². The second-order valence-electron chi connectivity index (χ2n) is 4.38. The molecule has 0 aromatic carbocycles. The van der Waals surface area contributed by atoms with Crippen LogP contribution >= 0.6 is 0 Å². The van der Waals surface area contributed by atoms with Crippen molar-refractivity contribution in [2.75, 3.05) is 0 Å². The number of hydrogen-bond donors (Lipinski definition) is 0. The molecule has 0 aromatic rings. The van der Waals surface area contributed by atoms with E-state index in [2.05, 4.69) is 13.8 Å². The summed E-state index contributed by atoms with van der Waals surface area (Å²) >= 11 is 0. The van der Waals surface area contributed by atoms with E-state index in [0.717, 1.165) is 12.8 Å². The van der Waals surface area contributed by atoms with Crippen molar-refractivity contribution >= 4 is 5.97 Å². The summed E-state index contributed by atoms with van der Waals surface area (Å²) in [6, 6.07) is 0. The highest BCUT2D eigenvalue weighted by Crippen LogP contribution is 2.37. The van der Waals surface area contributed by atoms with E-state index in [1.165, 1.54) is 0 Å². The van der Waals surface area contributed by atoms with Crippen molar-refractivity contribution in [3.8, 4) is 0 Å². The van der Waals surface area contributed by atoms with Crippen LogP contribution in [-0.4, -0.2) is 12.1 Å². The fourth-order valence-electron chi connectivity index (χ4n) is 1.63. The molecule has 70 valence electrons. The van der Waals surface area contributed by atoms with Crippen LogP contribution in [0.3, 0.4) is 0 Å². The quantitative estimate of drug-likeness (QED) is 0.565. The van der Waals surface area contributed by atoms with E-state index in [-0.39, 0.29) is 23.4 Å². The molecule has 2 atom stereocenters. The number of carbonyl (C=O) groups excluding carboxylic acids is 1. The van der Waals surface area contributed by atoms with Gasteiger partial charge in [0.1, 0.15) is 6.10 Å². The smallest absolute Gasteiger partial charge is 0.309 e. The SMILES string of the molecule is CCC1CC(C)(C)[C@@H](C)OC1=O. The van der Waals surface area contributed by atoms with Crippen molar-refractivity contribution in [2.24, 2.45) is 11.3 Å². The number of carbonyl (C=O) groups is 1. The third-order valence-electron chi connectivity index (χ3n) is 2.99. The van der Waals surface area contributed by atoms with Crippen LogP contribution in [0.4, 0.5) is 0 Å².